The lowest BCUT2D eigenvalue weighted by atomic mass is 9.90. The van der Waals surface area contributed by atoms with Gasteiger partial charge in [0.15, 0.2) is 0 Å². The molecule has 3 heterocycles. The molecule has 2 aromatic heterocycles. The summed E-state index contributed by atoms with van der Waals surface area (Å²) >= 11 is 0. The number of nitrogens with zero attached hydrogens (tertiary/aromatic N) is 3. The van der Waals surface area contributed by atoms with Crippen LogP contribution in [0.15, 0.2) is 18.3 Å². The van der Waals surface area contributed by atoms with Crippen molar-refractivity contribution >= 4 is 20.3 Å². The summed E-state index contributed by atoms with van der Waals surface area (Å²) in [7, 11) is 3.57. The highest BCUT2D eigenvalue weighted by molar-refractivity contribution is 7.19. The Labute approximate surface area is 161 Å². The Morgan fingerprint density at radius 1 is 1.08 bits per heavy atom. The quantitative estimate of drug-likeness (QED) is 0.677. The van der Waals surface area contributed by atoms with E-state index in [9.17, 15) is 0 Å². The van der Waals surface area contributed by atoms with Crippen LogP contribution in [0.2, 0.25) is 0 Å². The van der Waals surface area contributed by atoms with Gasteiger partial charge in [-0.2, -0.15) is 0 Å². The molecule has 0 saturated carbocycles. The maximum absolute atomic E-state index is 4.72. The van der Waals surface area contributed by atoms with Crippen molar-refractivity contribution in [3.8, 4) is 0 Å². The van der Waals surface area contributed by atoms with Gasteiger partial charge in [0.2, 0.25) is 0 Å². The Balaban J connectivity index is 0.00000117. The summed E-state index contributed by atoms with van der Waals surface area (Å²) in [4.78, 5) is 11.8. The van der Waals surface area contributed by atoms with Gasteiger partial charge in [-0.15, -0.1) is 8.86 Å². The highest BCUT2D eigenvalue weighted by Gasteiger charge is 2.24. The van der Waals surface area contributed by atoms with Gasteiger partial charge >= 0.3 is 0 Å². The molecule has 3 rings (SSSR count). The van der Waals surface area contributed by atoms with Crippen LogP contribution in [0, 0.1) is 27.7 Å². The lowest BCUT2D eigenvalue weighted by Gasteiger charge is -2.35. The first kappa shape index (κ1) is 20.6. The normalized spacial score (nSPS) is 14.6. The van der Waals surface area contributed by atoms with Crippen LogP contribution in [0.5, 0.6) is 0 Å². The van der Waals surface area contributed by atoms with Crippen LogP contribution in [0.4, 0.5) is 5.69 Å². The molecule has 0 atom stereocenters. The number of hydrogen-bond acceptors (Lipinski definition) is 3. The van der Waals surface area contributed by atoms with Crippen molar-refractivity contribution in [2.24, 2.45) is 0 Å². The van der Waals surface area contributed by atoms with Gasteiger partial charge in [0, 0.05) is 53.5 Å². The third-order valence-corrected chi connectivity index (χ3v) is 5.27. The first-order chi connectivity index (χ1) is 12.5. The Morgan fingerprint density at radius 3 is 2.31 bits per heavy atom. The predicted octanol–water partition coefficient (Wildman–Crippen LogP) is 5.41. The van der Waals surface area contributed by atoms with E-state index in [1.807, 2.05) is 25.8 Å². The van der Waals surface area contributed by atoms with Crippen molar-refractivity contribution in [1.82, 2.24) is 9.97 Å². The van der Waals surface area contributed by atoms with Crippen molar-refractivity contribution in [3.05, 3.63) is 52.1 Å². The van der Waals surface area contributed by atoms with E-state index in [2.05, 4.69) is 58.6 Å². The fourth-order valence-electron chi connectivity index (χ4n) is 3.81. The number of hydrogen-bond donors (Lipinski definition) is 0. The van der Waals surface area contributed by atoms with Gasteiger partial charge in [-0.05, 0) is 63.5 Å². The van der Waals surface area contributed by atoms with Gasteiger partial charge in [0.1, 0.15) is 0 Å². The van der Waals surface area contributed by atoms with Crippen molar-refractivity contribution < 1.29 is 0 Å². The van der Waals surface area contributed by atoms with Gasteiger partial charge in [-0.3, -0.25) is 9.97 Å². The summed E-state index contributed by atoms with van der Waals surface area (Å²) < 4.78 is 0. The Morgan fingerprint density at radius 2 is 1.73 bits per heavy atom. The van der Waals surface area contributed by atoms with E-state index in [1.54, 1.807) is 0 Å². The maximum atomic E-state index is 4.72. The van der Waals surface area contributed by atoms with Gasteiger partial charge in [-0.25, -0.2) is 0 Å². The summed E-state index contributed by atoms with van der Waals surface area (Å²) in [5.41, 5.74) is 8.51. The number of rotatable bonds is 3. The Kier molecular flexibility index (Phi) is 7.34. The number of aromatic nitrogens is 2. The molecule has 3 nitrogen and oxygen atoms in total. The summed E-state index contributed by atoms with van der Waals surface area (Å²) in [6.45, 7) is 14.6. The second-order valence-corrected chi connectivity index (χ2v) is 7.19. The van der Waals surface area contributed by atoms with E-state index in [4.69, 9.17) is 4.98 Å². The molecule has 26 heavy (non-hydrogen) atoms. The minimum absolute atomic E-state index is 0.571. The molecule has 0 radical (unpaired) electrons. The maximum Gasteiger partial charge on any atom is 0.0479 e. The first-order valence-corrected chi connectivity index (χ1v) is 10.2. The molecule has 140 valence electrons. The van der Waals surface area contributed by atoms with E-state index in [-0.39, 0.29) is 0 Å². The molecule has 0 N–H and O–H groups in total. The monoisotopic (exact) mass is 369 g/mol. The summed E-state index contributed by atoms with van der Waals surface area (Å²) in [5, 5.41) is 0. The third kappa shape index (κ3) is 4.51. The molecular weight excluding hydrogens is 337 g/mol. The number of piperidine rings is 1. The van der Waals surface area contributed by atoms with E-state index in [0.29, 0.717) is 5.92 Å². The molecule has 2 aromatic rings. The van der Waals surface area contributed by atoms with Crippen LogP contribution in [0.1, 0.15) is 66.4 Å². The largest absolute Gasteiger partial charge is 0.371 e. The molecular formula is C22H32N3P. The fraction of sp³-hybridized carbons (Fsp3) is 0.500. The molecule has 0 unspecified atom stereocenters. The summed E-state index contributed by atoms with van der Waals surface area (Å²) in [5.74, 6) is 2.57. The number of aryl methyl sites for hydroxylation is 4. The van der Waals surface area contributed by atoms with E-state index >= 15 is 0 Å². The molecule has 1 fully saturated rings. The second-order valence-electron chi connectivity index (χ2n) is 6.90. The lowest BCUT2D eigenvalue weighted by Crippen LogP contribution is -2.34. The highest BCUT2D eigenvalue weighted by atomic mass is 31.0. The van der Waals surface area contributed by atoms with Crippen LogP contribution in [-0.4, -0.2) is 28.9 Å². The summed E-state index contributed by atoms with van der Waals surface area (Å²) in [6, 6.07) is 4.45. The third-order valence-electron chi connectivity index (χ3n) is 4.98. The van der Waals surface area contributed by atoms with Gasteiger partial charge in [-0.1, -0.05) is 19.9 Å². The van der Waals surface area contributed by atoms with Crippen LogP contribution in [-0.2, 0) is 0 Å². The van der Waals surface area contributed by atoms with Gasteiger partial charge < -0.3 is 4.90 Å². The van der Waals surface area contributed by atoms with E-state index in [0.717, 1.165) is 37.3 Å². The number of pyridine rings is 2. The van der Waals surface area contributed by atoms with Crippen molar-refractivity contribution in [1.29, 1.82) is 0 Å². The molecule has 4 heteroatoms. The Hall–Kier alpha value is -1.73. The first-order valence-electron chi connectivity index (χ1n) is 9.66. The smallest absolute Gasteiger partial charge is 0.0479 e. The predicted molar refractivity (Wildman–Crippen MR) is 116 cm³/mol. The molecule has 0 aliphatic carbocycles. The van der Waals surface area contributed by atoms with Crippen LogP contribution in [0.3, 0.4) is 0 Å². The minimum atomic E-state index is 0.571. The van der Waals surface area contributed by atoms with Crippen LogP contribution in [0.25, 0.3) is 0 Å². The number of anilines is 1. The average Bonchev–Trinajstić information content (AvgIpc) is 2.63. The van der Waals surface area contributed by atoms with E-state index in [1.165, 1.54) is 28.1 Å². The van der Waals surface area contributed by atoms with Gasteiger partial charge in [0.25, 0.3) is 0 Å². The van der Waals surface area contributed by atoms with Gasteiger partial charge in [0.05, 0.1) is 0 Å². The minimum Gasteiger partial charge on any atom is -0.371 e. The van der Waals surface area contributed by atoms with E-state index < -0.39 is 0 Å². The van der Waals surface area contributed by atoms with Crippen molar-refractivity contribution in [2.75, 3.05) is 18.0 Å². The molecule has 0 amide bonds. The SMILES string of the molecule is CC.Cc1cnc(C2CCN(c3cc(C)nc(C)c3C=P)CC2)c(C)c1. The zero-order valence-corrected chi connectivity index (χ0v) is 18.1. The zero-order valence-electron chi connectivity index (χ0n) is 17.1. The molecule has 1 saturated heterocycles. The zero-order chi connectivity index (χ0) is 19.3. The fourth-order valence-corrected chi connectivity index (χ4v) is 4.16. The summed E-state index contributed by atoms with van der Waals surface area (Å²) in [6.07, 6.45) is 4.30. The highest BCUT2D eigenvalue weighted by Crippen LogP contribution is 2.33. The average molecular weight is 369 g/mol. The van der Waals surface area contributed by atoms with Crippen molar-refractivity contribution in [3.63, 3.8) is 0 Å². The van der Waals surface area contributed by atoms with Crippen LogP contribution >= 0.6 is 8.86 Å². The standard InChI is InChI=1S/C20H26N3P.C2H6/c1-13-9-14(2)20(21-11-13)17-5-7-23(8-6-17)19-10-15(3)22-16(4)18(19)12-24;1-2/h9-12,17,24H,5-8H2,1-4H3;1-2H3. The topological polar surface area (TPSA) is 29.0 Å². The second kappa shape index (κ2) is 9.28. The molecule has 1 aliphatic rings. The molecule has 0 bridgehead atoms. The molecule has 0 aromatic carbocycles. The van der Waals surface area contributed by atoms with Crippen LogP contribution < -0.4 is 4.90 Å². The van der Waals surface area contributed by atoms with Crippen molar-refractivity contribution in [2.45, 2.75) is 60.3 Å². The molecule has 1 aliphatic heterocycles. The lowest BCUT2D eigenvalue weighted by molar-refractivity contribution is 0.494. The Bertz CT molecular complexity index is 762. The molecule has 0 spiro atoms.